The van der Waals surface area contributed by atoms with Crippen LogP contribution in [0, 0.1) is 22.5 Å². The van der Waals surface area contributed by atoms with Crippen molar-refractivity contribution in [1.29, 1.82) is 0 Å². The predicted molar refractivity (Wildman–Crippen MR) is 87.8 cm³/mol. The first kappa shape index (κ1) is 17.8. The number of nitrogens with zero attached hydrogens (tertiary/aromatic N) is 1. The van der Waals surface area contributed by atoms with Crippen molar-refractivity contribution in [1.82, 2.24) is 10.0 Å². The Hall–Kier alpha value is -1.51. The fraction of sp³-hybridized carbons (Fsp3) is 0.600. The second kappa shape index (κ2) is 6.54. The molecule has 1 aromatic rings. The molecule has 1 heterocycles. The molecule has 8 heteroatoms. The number of sulfonamides is 1. The summed E-state index contributed by atoms with van der Waals surface area (Å²) in [6.07, 6.45) is 2.07. The molecule has 0 aliphatic carbocycles. The van der Waals surface area contributed by atoms with Crippen LogP contribution in [-0.4, -0.2) is 32.5 Å². The maximum absolute atomic E-state index is 12.6. The van der Waals surface area contributed by atoms with Gasteiger partial charge in [-0.3, -0.25) is 10.1 Å². The number of nitrogens with one attached hydrogen (secondary N) is 2. The summed E-state index contributed by atoms with van der Waals surface area (Å²) in [5.74, 6) is 0. The van der Waals surface area contributed by atoms with Crippen molar-refractivity contribution >= 4 is 15.7 Å². The van der Waals surface area contributed by atoms with Gasteiger partial charge in [-0.15, -0.1) is 0 Å². The smallest absolute Gasteiger partial charge is 0.289 e. The van der Waals surface area contributed by atoms with Crippen LogP contribution >= 0.6 is 0 Å². The molecule has 1 unspecified atom stereocenters. The molecule has 1 fully saturated rings. The van der Waals surface area contributed by atoms with Crippen molar-refractivity contribution in [2.75, 3.05) is 13.1 Å². The summed E-state index contributed by atoms with van der Waals surface area (Å²) < 4.78 is 27.7. The van der Waals surface area contributed by atoms with Crippen LogP contribution in [0.25, 0.3) is 0 Å². The van der Waals surface area contributed by atoms with Gasteiger partial charge in [0.05, 0.1) is 4.92 Å². The van der Waals surface area contributed by atoms with Crippen LogP contribution < -0.4 is 10.0 Å². The van der Waals surface area contributed by atoms with E-state index in [0.29, 0.717) is 5.56 Å². The average molecular weight is 341 g/mol. The van der Waals surface area contributed by atoms with Gasteiger partial charge in [0.15, 0.2) is 4.90 Å². The summed E-state index contributed by atoms with van der Waals surface area (Å²) >= 11 is 0. The maximum atomic E-state index is 12.6. The van der Waals surface area contributed by atoms with Gasteiger partial charge in [0, 0.05) is 18.7 Å². The third-order valence-electron chi connectivity index (χ3n) is 4.47. The molecule has 0 amide bonds. The third-order valence-corrected chi connectivity index (χ3v) is 6.08. The SMILES string of the molecule is Cc1cccc([N+](=O)[O-])c1S(=O)(=O)NCC1NCCCC1(C)C. The summed E-state index contributed by atoms with van der Waals surface area (Å²) in [5.41, 5.74) is -0.0609. The highest BCUT2D eigenvalue weighted by molar-refractivity contribution is 7.89. The van der Waals surface area contributed by atoms with Gasteiger partial charge in [0.25, 0.3) is 5.69 Å². The molecule has 2 rings (SSSR count). The molecule has 1 aliphatic heterocycles. The zero-order valence-corrected chi connectivity index (χ0v) is 14.4. The van der Waals surface area contributed by atoms with Gasteiger partial charge in [-0.2, -0.15) is 0 Å². The van der Waals surface area contributed by atoms with Crippen molar-refractivity contribution in [3.8, 4) is 0 Å². The second-order valence-corrected chi connectivity index (χ2v) is 8.33. The van der Waals surface area contributed by atoms with Gasteiger partial charge in [0.1, 0.15) is 0 Å². The minimum Gasteiger partial charge on any atom is -0.312 e. The monoisotopic (exact) mass is 341 g/mol. The Morgan fingerprint density at radius 1 is 1.43 bits per heavy atom. The zero-order chi connectivity index (χ0) is 17.3. The standard InChI is InChI=1S/C15H23N3O4S/c1-11-6-4-7-12(18(19)20)14(11)23(21,22)17-10-13-15(2,3)8-5-9-16-13/h4,6-7,13,16-17H,5,8-10H2,1-3H3. The third kappa shape index (κ3) is 3.88. The molecule has 1 atom stereocenters. The number of rotatable bonds is 5. The van der Waals surface area contributed by atoms with Crippen LogP contribution in [0.15, 0.2) is 23.1 Å². The molecule has 1 aromatic carbocycles. The van der Waals surface area contributed by atoms with Crippen molar-refractivity contribution < 1.29 is 13.3 Å². The van der Waals surface area contributed by atoms with E-state index in [1.807, 2.05) is 0 Å². The molecule has 0 spiro atoms. The number of nitro groups is 1. The van der Waals surface area contributed by atoms with Crippen LogP contribution in [0.1, 0.15) is 32.3 Å². The fourth-order valence-electron chi connectivity index (χ4n) is 3.01. The fourth-order valence-corrected chi connectivity index (χ4v) is 4.46. The first-order chi connectivity index (χ1) is 10.6. The molecular formula is C15H23N3O4S. The van der Waals surface area contributed by atoms with E-state index >= 15 is 0 Å². The lowest BCUT2D eigenvalue weighted by molar-refractivity contribution is -0.387. The highest BCUT2D eigenvalue weighted by Crippen LogP contribution is 2.31. The van der Waals surface area contributed by atoms with Crippen LogP contribution in [0.5, 0.6) is 0 Å². The molecule has 1 saturated heterocycles. The Morgan fingerprint density at radius 2 is 2.13 bits per heavy atom. The van der Waals surface area contributed by atoms with Crippen LogP contribution in [0.2, 0.25) is 0 Å². The van der Waals surface area contributed by atoms with E-state index in [0.717, 1.165) is 19.4 Å². The Bertz CT molecular complexity index is 701. The summed E-state index contributed by atoms with van der Waals surface area (Å²) in [6.45, 7) is 6.80. The molecular weight excluding hydrogens is 318 g/mol. The summed E-state index contributed by atoms with van der Waals surface area (Å²) in [6, 6.07) is 4.25. The van der Waals surface area contributed by atoms with Gasteiger partial charge in [-0.25, -0.2) is 13.1 Å². The topological polar surface area (TPSA) is 101 Å². The van der Waals surface area contributed by atoms with Gasteiger partial charge < -0.3 is 5.32 Å². The van der Waals surface area contributed by atoms with Gasteiger partial charge in [0.2, 0.25) is 10.0 Å². The average Bonchev–Trinajstić information content (AvgIpc) is 2.45. The number of benzene rings is 1. The summed E-state index contributed by atoms with van der Waals surface area (Å²) in [4.78, 5) is 10.2. The highest BCUT2D eigenvalue weighted by atomic mass is 32.2. The molecule has 0 saturated carbocycles. The Labute approximate surface area is 136 Å². The normalized spacial score (nSPS) is 21.1. The highest BCUT2D eigenvalue weighted by Gasteiger charge is 2.34. The maximum Gasteiger partial charge on any atom is 0.289 e. The first-order valence-corrected chi connectivity index (χ1v) is 9.10. The molecule has 0 radical (unpaired) electrons. The quantitative estimate of drug-likeness (QED) is 0.630. The molecule has 1 aliphatic rings. The molecule has 0 aromatic heterocycles. The lowest BCUT2D eigenvalue weighted by Gasteiger charge is -2.39. The van der Waals surface area contributed by atoms with Crippen molar-refractivity contribution in [3.05, 3.63) is 33.9 Å². The molecule has 0 bridgehead atoms. The largest absolute Gasteiger partial charge is 0.312 e. The van der Waals surface area contributed by atoms with Gasteiger partial charge in [-0.1, -0.05) is 26.0 Å². The zero-order valence-electron chi connectivity index (χ0n) is 13.6. The van der Waals surface area contributed by atoms with Gasteiger partial charge >= 0.3 is 0 Å². The molecule has 128 valence electrons. The number of hydrogen-bond acceptors (Lipinski definition) is 5. The lowest BCUT2D eigenvalue weighted by Crippen LogP contribution is -2.52. The van der Waals surface area contributed by atoms with Gasteiger partial charge in [-0.05, 0) is 37.3 Å². The van der Waals surface area contributed by atoms with Crippen molar-refractivity contribution in [2.24, 2.45) is 5.41 Å². The summed E-state index contributed by atoms with van der Waals surface area (Å²) in [5, 5.41) is 14.5. The van der Waals surface area contributed by atoms with Crippen LogP contribution in [-0.2, 0) is 10.0 Å². The number of piperidine rings is 1. The van der Waals surface area contributed by atoms with Crippen LogP contribution in [0.3, 0.4) is 0 Å². The van der Waals surface area contributed by atoms with Crippen molar-refractivity contribution in [3.63, 3.8) is 0 Å². The number of nitro benzene ring substituents is 1. The number of hydrogen-bond donors (Lipinski definition) is 2. The molecule has 2 N–H and O–H groups in total. The van der Waals surface area contributed by atoms with E-state index in [2.05, 4.69) is 23.9 Å². The Morgan fingerprint density at radius 3 is 2.74 bits per heavy atom. The van der Waals surface area contributed by atoms with E-state index in [-0.39, 0.29) is 22.9 Å². The van der Waals surface area contributed by atoms with Crippen molar-refractivity contribution in [2.45, 2.75) is 44.6 Å². The first-order valence-electron chi connectivity index (χ1n) is 7.62. The molecule has 23 heavy (non-hydrogen) atoms. The van der Waals surface area contributed by atoms with E-state index in [1.165, 1.54) is 12.1 Å². The predicted octanol–water partition coefficient (Wildman–Crippen LogP) is 1.96. The number of aryl methyl sites for hydroxylation is 1. The molecule has 7 nitrogen and oxygen atoms in total. The van der Waals surface area contributed by atoms with E-state index in [1.54, 1.807) is 13.0 Å². The van der Waals surface area contributed by atoms with E-state index < -0.39 is 20.6 Å². The van der Waals surface area contributed by atoms with E-state index in [4.69, 9.17) is 0 Å². The second-order valence-electron chi connectivity index (χ2n) is 6.63. The van der Waals surface area contributed by atoms with E-state index in [9.17, 15) is 18.5 Å². The minimum atomic E-state index is -3.95. The Balaban J connectivity index is 2.25. The van der Waals surface area contributed by atoms with Crippen LogP contribution in [0.4, 0.5) is 5.69 Å². The minimum absolute atomic E-state index is 0.00546. The Kier molecular flexibility index (Phi) is 5.07. The lowest BCUT2D eigenvalue weighted by atomic mass is 9.78. The summed E-state index contributed by atoms with van der Waals surface area (Å²) in [7, 11) is -3.95.